The molecule has 3 heterocycles. The van der Waals surface area contributed by atoms with Crippen molar-refractivity contribution in [1.82, 2.24) is 34.5 Å². The van der Waals surface area contributed by atoms with Crippen molar-refractivity contribution < 1.29 is 14.3 Å². The molecule has 0 bridgehead atoms. The summed E-state index contributed by atoms with van der Waals surface area (Å²) in [6.07, 6.45) is 7.66. The summed E-state index contributed by atoms with van der Waals surface area (Å²) in [6, 6.07) is 5.51. The molecule has 0 fully saturated rings. The van der Waals surface area contributed by atoms with Crippen LogP contribution in [0.3, 0.4) is 0 Å². The van der Waals surface area contributed by atoms with E-state index in [9.17, 15) is 4.79 Å². The number of carbonyl (C=O) groups is 1. The van der Waals surface area contributed by atoms with Gasteiger partial charge in [0, 0.05) is 26.0 Å². The van der Waals surface area contributed by atoms with Crippen LogP contribution in [0.1, 0.15) is 37.6 Å². The number of aromatic nitrogens is 7. The van der Waals surface area contributed by atoms with Gasteiger partial charge in [-0.2, -0.15) is 15.2 Å². The Hall–Kier alpha value is -4.48. The number of nitrogens with zero attached hydrogens (tertiary/aromatic N) is 7. The molecule has 0 unspecified atom stereocenters. The van der Waals surface area contributed by atoms with Gasteiger partial charge in [0.25, 0.3) is 0 Å². The van der Waals surface area contributed by atoms with Gasteiger partial charge in [-0.05, 0) is 31.4 Å². The predicted octanol–water partition coefficient (Wildman–Crippen LogP) is 4.19. The average Bonchev–Trinajstić information content (AvgIpc) is 3.51. The molecule has 0 aliphatic rings. The molecule has 0 radical (unpaired) electrons. The fourth-order valence-corrected chi connectivity index (χ4v) is 3.59. The number of anilines is 4. The number of rotatable bonds is 11. The Kier molecular flexibility index (Phi) is 7.96. The van der Waals surface area contributed by atoms with Gasteiger partial charge >= 0.3 is 5.97 Å². The van der Waals surface area contributed by atoms with Gasteiger partial charge in [-0.15, -0.1) is 0 Å². The summed E-state index contributed by atoms with van der Waals surface area (Å²) in [4.78, 5) is 25.9. The number of carbonyl (C=O) groups excluding carboxylic acids is 1. The number of para-hydroxylation sites is 1. The Labute approximate surface area is 215 Å². The molecule has 2 N–H and O–H groups in total. The fraction of sp³-hybridized carbons (Fsp3) is 0.360. The number of hydrogen-bond donors (Lipinski definition) is 2. The summed E-state index contributed by atoms with van der Waals surface area (Å²) < 4.78 is 14.4. The van der Waals surface area contributed by atoms with Gasteiger partial charge < -0.3 is 20.1 Å². The van der Waals surface area contributed by atoms with Gasteiger partial charge in [-0.3, -0.25) is 9.36 Å². The third-order valence-corrected chi connectivity index (χ3v) is 5.42. The van der Waals surface area contributed by atoms with E-state index < -0.39 is 5.97 Å². The smallest absolute Gasteiger partial charge is 0.343 e. The first-order valence-electron chi connectivity index (χ1n) is 12.0. The fourth-order valence-electron chi connectivity index (χ4n) is 3.59. The lowest BCUT2D eigenvalue weighted by atomic mass is 10.1. The largest absolute Gasteiger partial charge is 0.494 e. The molecule has 4 aromatic rings. The topological polar surface area (TPSA) is 134 Å². The molecule has 0 atom stereocenters. The van der Waals surface area contributed by atoms with Crippen LogP contribution in [-0.4, -0.2) is 54.2 Å². The zero-order chi connectivity index (χ0) is 26.4. The molecule has 12 heteroatoms. The molecule has 194 valence electrons. The Bertz CT molecular complexity index is 1360. The number of methoxy groups -OCH3 is 1. The molecule has 0 saturated heterocycles. The number of benzene rings is 1. The van der Waals surface area contributed by atoms with Gasteiger partial charge in [-0.1, -0.05) is 19.9 Å². The first-order valence-corrected chi connectivity index (χ1v) is 12.0. The molecule has 1 aromatic carbocycles. The maximum atomic E-state index is 12.7. The van der Waals surface area contributed by atoms with Gasteiger partial charge in [0.1, 0.15) is 11.9 Å². The standard InChI is InChI=1S/C25H31N9O3/c1-6-37-24(35)19-13-26-25(29-17-12-28-34(14-17)11-10-16(2)3)31-23(19)30-20-9-7-8-18(21(20)36-5)22-27-15-33(4)32-22/h7-9,12-16H,6,10-11H2,1-5H3,(H2,26,29,30,31). The second-order valence-corrected chi connectivity index (χ2v) is 8.73. The minimum atomic E-state index is -0.542. The number of hydrogen-bond acceptors (Lipinski definition) is 10. The minimum absolute atomic E-state index is 0.184. The first kappa shape index (κ1) is 25.6. The van der Waals surface area contributed by atoms with Crippen LogP contribution >= 0.6 is 0 Å². The normalized spacial score (nSPS) is 11.0. The Balaban J connectivity index is 1.65. The van der Waals surface area contributed by atoms with Gasteiger partial charge in [-0.25, -0.2) is 14.8 Å². The van der Waals surface area contributed by atoms with E-state index in [1.807, 2.05) is 29.1 Å². The molecule has 0 spiro atoms. The second kappa shape index (κ2) is 11.5. The molecule has 0 aliphatic heterocycles. The molecular weight excluding hydrogens is 474 g/mol. The van der Waals surface area contributed by atoms with Crippen molar-refractivity contribution in [2.75, 3.05) is 24.4 Å². The Morgan fingerprint density at radius 1 is 1.16 bits per heavy atom. The molecule has 0 amide bonds. The van der Waals surface area contributed by atoms with E-state index in [4.69, 9.17) is 9.47 Å². The van der Waals surface area contributed by atoms with Crippen molar-refractivity contribution in [2.24, 2.45) is 13.0 Å². The quantitative estimate of drug-likeness (QED) is 0.286. The van der Waals surface area contributed by atoms with E-state index in [1.165, 1.54) is 6.20 Å². The van der Waals surface area contributed by atoms with Crippen molar-refractivity contribution in [1.29, 1.82) is 0 Å². The molecular formula is C25H31N9O3. The van der Waals surface area contributed by atoms with Crippen molar-refractivity contribution in [3.63, 3.8) is 0 Å². The lowest BCUT2D eigenvalue weighted by molar-refractivity contribution is 0.0526. The SMILES string of the molecule is CCOC(=O)c1cnc(Nc2cnn(CCC(C)C)c2)nc1Nc1cccc(-c2ncn(C)n2)c1OC. The van der Waals surface area contributed by atoms with Crippen LogP contribution in [0.2, 0.25) is 0 Å². The summed E-state index contributed by atoms with van der Waals surface area (Å²) in [5.41, 5.74) is 2.18. The molecule has 37 heavy (non-hydrogen) atoms. The van der Waals surface area contributed by atoms with E-state index in [2.05, 4.69) is 49.6 Å². The zero-order valence-corrected chi connectivity index (χ0v) is 21.6. The maximum absolute atomic E-state index is 12.7. The molecule has 0 aliphatic carbocycles. The monoisotopic (exact) mass is 505 g/mol. The number of aryl methyl sites for hydroxylation is 2. The Morgan fingerprint density at radius 2 is 2.00 bits per heavy atom. The number of nitrogens with one attached hydrogen (secondary N) is 2. The van der Waals surface area contributed by atoms with Crippen LogP contribution in [0, 0.1) is 5.92 Å². The van der Waals surface area contributed by atoms with Gasteiger partial charge in [0.15, 0.2) is 17.4 Å². The number of ether oxygens (including phenoxy) is 2. The summed E-state index contributed by atoms with van der Waals surface area (Å²) in [7, 11) is 3.35. The molecule has 3 aromatic heterocycles. The highest BCUT2D eigenvalue weighted by atomic mass is 16.5. The van der Waals surface area contributed by atoms with Gasteiger partial charge in [0.05, 0.1) is 36.9 Å². The highest BCUT2D eigenvalue weighted by Crippen LogP contribution is 2.36. The van der Waals surface area contributed by atoms with Crippen molar-refractivity contribution in [3.05, 3.63) is 48.7 Å². The minimum Gasteiger partial charge on any atom is -0.494 e. The average molecular weight is 506 g/mol. The van der Waals surface area contributed by atoms with E-state index >= 15 is 0 Å². The van der Waals surface area contributed by atoms with E-state index in [-0.39, 0.29) is 18.0 Å². The van der Waals surface area contributed by atoms with Crippen molar-refractivity contribution >= 4 is 29.1 Å². The number of esters is 1. The third kappa shape index (κ3) is 6.21. The van der Waals surface area contributed by atoms with Crippen LogP contribution in [0.25, 0.3) is 11.4 Å². The van der Waals surface area contributed by atoms with E-state index in [1.54, 1.807) is 38.3 Å². The molecule has 12 nitrogen and oxygen atoms in total. The van der Waals surface area contributed by atoms with Gasteiger partial charge in [0.2, 0.25) is 5.95 Å². The van der Waals surface area contributed by atoms with E-state index in [0.717, 1.165) is 18.7 Å². The molecule has 0 saturated carbocycles. The molecule has 4 rings (SSSR count). The zero-order valence-electron chi connectivity index (χ0n) is 21.6. The lowest BCUT2D eigenvalue weighted by Gasteiger charge is -2.16. The lowest BCUT2D eigenvalue weighted by Crippen LogP contribution is -2.12. The summed E-state index contributed by atoms with van der Waals surface area (Å²) in [6.45, 7) is 7.13. The highest BCUT2D eigenvalue weighted by Gasteiger charge is 2.20. The van der Waals surface area contributed by atoms with Crippen LogP contribution < -0.4 is 15.4 Å². The second-order valence-electron chi connectivity index (χ2n) is 8.73. The predicted molar refractivity (Wildman–Crippen MR) is 139 cm³/mol. The van der Waals surface area contributed by atoms with Crippen LogP contribution in [0.15, 0.2) is 43.1 Å². The Morgan fingerprint density at radius 3 is 2.70 bits per heavy atom. The van der Waals surface area contributed by atoms with Crippen LogP contribution in [0.4, 0.5) is 23.1 Å². The van der Waals surface area contributed by atoms with Crippen molar-refractivity contribution in [2.45, 2.75) is 33.7 Å². The van der Waals surface area contributed by atoms with Crippen molar-refractivity contribution in [3.8, 4) is 17.1 Å². The summed E-state index contributed by atoms with van der Waals surface area (Å²) in [5.74, 6) is 1.60. The maximum Gasteiger partial charge on any atom is 0.343 e. The summed E-state index contributed by atoms with van der Waals surface area (Å²) >= 11 is 0. The first-order chi connectivity index (χ1) is 17.9. The van der Waals surface area contributed by atoms with Crippen LogP contribution in [0.5, 0.6) is 5.75 Å². The highest BCUT2D eigenvalue weighted by molar-refractivity contribution is 5.96. The van der Waals surface area contributed by atoms with Crippen LogP contribution in [-0.2, 0) is 18.3 Å². The third-order valence-electron chi connectivity index (χ3n) is 5.42. The van der Waals surface area contributed by atoms with E-state index in [0.29, 0.717) is 34.7 Å². The summed E-state index contributed by atoms with van der Waals surface area (Å²) in [5, 5.41) is 15.1.